The van der Waals surface area contributed by atoms with Gasteiger partial charge >= 0.3 is 11.9 Å². The molecule has 3 aromatic heterocycles. The molecular weight excluding hydrogens is 2480 g/mol. The lowest BCUT2D eigenvalue weighted by atomic mass is 9.89. The molecule has 0 amide bonds. The second-order valence-corrected chi connectivity index (χ2v) is 49.8. The molecule has 6 aliphatic rings. The molecule has 0 bridgehead atoms. The predicted octanol–water partition coefficient (Wildman–Crippen LogP) is 23.4. The molecule has 0 radical (unpaired) electrons. The lowest BCUT2D eigenvalue weighted by molar-refractivity contribution is -0.138. The standard InChI is InChI=1S/C15H20BrNO4S.C15H18BrNO4S.C13H18BrNO2S.C13H16BrNO2S.2C12H14BrN.C10H15NO2.C9H12BrNO2.C5H3Br2N/c2*1-11-9-13(3-4-14(11)16)12-5-7-17(8-6-12)22(19,20)10-15(18)21-2;2*1-10-9-12(3-4-13(10)14)11-5-7-15(8-6-11)18(2,16)17;2*1-9-8-11(2-3-12(9)13)10-4-6-14-7-5-10;1-8-5-4-6-10(11-8)13-7-9(2)12-3;1-7(12-2)6-13-9-5-3-4-8(10)11-9;6-4-2-1-3-5(7)8-4/h3-4,9,12H,5-8,10H2,1-2H3;3-5,9H,6-8,10H2,1-2H3;3-4,9,11H,5-8H2,1-2H3;3-5,9H,6-8H2,1-2H3;2*2-4,8,14H,5-7H2,1H3;4-6,9H,7H2,1-3H3;3-5,7H,6H2,1-2H3;1-3H. The number of carbonyl (C=O) groups is 2. The van der Waals surface area contributed by atoms with Crippen molar-refractivity contribution in [1.82, 2.24) is 42.8 Å². The molecule has 25 nitrogen and oxygen atoms in total. The first-order valence-electron chi connectivity index (χ1n) is 46.1. The fourth-order valence-electron chi connectivity index (χ4n) is 14.9. The number of halogens is 9. The van der Waals surface area contributed by atoms with Crippen molar-refractivity contribution in [1.29, 1.82) is 0 Å². The number of ether oxygens (including phenoxy) is 6. The number of aryl methyl sites for hydroxylation is 7. The van der Waals surface area contributed by atoms with Gasteiger partial charge in [0.25, 0.3) is 0 Å². The van der Waals surface area contributed by atoms with E-state index >= 15 is 0 Å². The van der Waals surface area contributed by atoms with Crippen LogP contribution >= 0.6 is 143 Å². The van der Waals surface area contributed by atoms with Crippen LogP contribution in [0.2, 0.25) is 0 Å². The van der Waals surface area contributed by atoms with Crippen molar-refractivity contribution < 1.29 is 71.7 Å². The number of rotatable bonds is 22. The highest BCUT2D eigenvalue weighted by Crippen LogP contribution is 2.36. The molecule has 2 saturated heterocycles. The third-order valence-electron chi connectivity index (χ3n) is 23.6. The number of hydrogen-bond acceptors (Lipinski definition) is 21. The van der Waals surface area contributed by atoms with Crippen molar-refractivity contribution in [2.75, 3.05) is 144 Å². The summed E-state index contributed by atoms with van der Waals surface area (Å²) in [6.45, 7) is 27.4. The Labute approximate surface area is 917 Å². The minimum Gasteiger partial charge on any atom is -0.475 e. The van der Waals surface area contributed by atoms with Crippen molar-refractivity contribution in [3.8, 4) is 11.8 Å². The summed E-state index contributed by atoms with van der Waals surface area (Å²) in [5, 5.41) is 6.65. The van der Waals surface area contributed by atoms with E-state index in [-0.39, 0.29) is 18.8 Å². The van der Waals surface area contributed by atoms with Gasteiger partial charge in [-0.2, -0.15) is 8.61 Å². The molecule has 2 atom stereocenters. The number of hydrogen-bond donors (Lipinski definition) is 2. The molecule has 6 aliphatic heterocycles. The molecule has 2 unspecified atom stereocenters. The van der Waals surface area contributed by atoms with Gasteiger partial charge in [-0.05, 0) is 336 Å². The Balaban J connectivity index is 0.000000219. The van der Waals surface area contributed by atoms with Gasteiger partial charge in [-0.3, -0.25) is 9.59 Å². The Morgan fingerprint density at radius 1 is 0.373 bits per heavy atom. The van der Waals surface area contributed by atoms with Crippen molar-refractivity contribution in [2.24, 2.45) is 0 Å². The topological polar surface area (TPSA) is 302 Å². The van der Waals surface area contributed by atoms with Gasteiger partial charge in [-0.25, -0.2) is 57.2 Å². The van der Waals surface area contributed by atoms with Crippen LogP contribution in [0.4, 0.5) is 0 Å². The number of carbonyl (C=O) groups excluding carboxylic acids is 2. The van der Waals surface area contributed by atoms with Crippen molar-refractivity contribution in [2.45, 2.75) is 138 Å². The van der Waals surface area contributed by atoms with Gasteiger partial charge in [0.05, 0.1) is 38.9 Å². The fraction of sp³-hybridized carbons (Fsp3) is 0.413. The summed E-state index contributed by atoms with van der Waals surface area (Å²) < 4.78 is 139. The summed E-state index contributed by atoms with van der Waals surface area (Å²) in [7, 11) is -7.56. The first-order valence-corrected chi connectivity index (χ1v) is 60.2. The highest BCUT2D eigenvalue weighted by atomic mass is 79.9. The quantitative estimate of drug-likeness (QED) is 0.0470. The van der Waals surface area contributed by atoms with Crippen LogP contribution in [0.5, 0.6) is 11.8 Å². The van der Waals surface area contributed by atoms with Crippen LogP contribution in [-0.4, -0.2) is 234 Å². The van der Waals surface area contributed by atoms with Crippen molar-refractivity contribution in [3.05, 3.63) is 301 Å². The van der Waals surface area contributed by atoms with Crippen molar-refractivity contribution >= 4 is 218 Å². The molecule has 0 saturated carbocycles. The molecule has 0 spiro atoms. The summed E-state index contributed by atoms with van der Waals surface area (Å²) in [6, 6.07) is 55.1. The zero-order valence-corrected chi connectivity index (χ0v) is 100. The number of nitrogens with zero attached hydrogens (tertiary/aromatic N) is 7. The summed E-state index contributed by atoms with van der Waals surface area (Å²) in [4.78, 5) is 34.7. The zero-order valence-electron chi connectivity index (χ0n) is 82.9. The number of aromatic nitrogens is 3. The van der Waals surface area contributed by atoms with Crippen LogP contribution in [0.25, 0.3) is 22.3 Å². The number of piperidine rings is 2. The molecule has 2 fully saturated rings. The smallest absolute Gasteiger partial charge is 0.322 e. The van der Waals surface area contributed by atoms with E-state index in [1.807, 2.05) is 126 Å². The van der Waals surface area contributed by atoms with E-state index in [4.69, 9.17) is 18.9 Å². The second kappa shape index (κ2) is 61.9. The maximum absolute atomic E-state index is 12.1. The molecule has 38 heteroatoms. The Bertz CT molecular complexity index is 6120. The number of sulfonamides is 4. The van der Waals surface area contributed by atoms with Gasteiger partial charge < -0.3 is 39.1 Å². The number of nitrogens with one attached hydrogen (secondary N) is 2. The summed E-state index contributed by atoms with van der Waals surface area (Å²) in [5.74, 6) is -0.535. The Morgan fingerprint density at radius 2 is 0.690 bits per heavy atom. The van der Waals surface area contributed by atoms with E-state index in [9.17, 15) is 43.3 Å². The number of esters is 2. The van der Waals surface area contributed by atoms with Gasteiger partial charge in [0.1, 0.15) is 27.0 Å². The van der Waals surface area contributed by atoms with E-state index in [2.05, 4.69) is 303 Å². The van der Waals surface area contributed by atoms with Gasteiger partial charge in [0, 0.05) is 124 Å². The lowest BCUT2D eigenvalue weighted by Gasteiger charge is -2.31. The third kappa shape index (κ3) is 43.3. The molecule has 774 valence electrons. The van der Waals surface area contributed by atoms with E-state index in [0.717, 1.165) is 125 Å². The third-order valence-corrected chi connectivity index (χ3v) is 36.3. The van der Waals surface area contributed by atoms with Gasteiger partial charge in [0.15, 0.2) is 11.5 Å². The molecule has 0 aliphatic carbocycles. The number of benzene rings is 6. The maximum Gasteiger partial charge on any atom is 0.322 e. The molecule has 9 aromatic rings. The average Bonchev–Trinajstić information content (AvgIpc) is 0.786. The summed E-state index contributed by atoms with van der Waals surface area (Å²) in [5.41, 5.74) is 21.2. The van der Waals surface area contributed by atoms with Gasteiger partial charge in [0.2, 0.25) is 51.9 Å². The maximum atomic E-state index is 12.1. The highest BCUT2D eigenvalue weighted by Gasteiger charge is 2.33. The summed E-state index contributed by atoms with van der Waals surface area (Å²) >= 11 is 30.7. The van der Waals surface area contributed by atoms with E-state index in [1.54, 1.807) is 18.5 Å². The molecule has 142 heavy (non-hydrogen) atoms. The number of pyridine rings is 3. The van der Waals surface area contributed by atoms with Crippen LogP contribution in [0.3, 0.4) is 0 Å². The van der Waals surface area contributed by atoms with Crippen LogP contribution in [0.1, 0.15) is 150 Å². The number of methoxy groups -OCH3 is 4. The van der Waals surface area contributed by atoms with Crippen LogP contribution in [0, 0.1) is 48.5 Å². The largest absolute Gasteiger partial charge is 0.475 e. The Morgan fingerprint density at radius 3 is 0.986 bits per heavy atom. The molecular formula is C104H130Br9N9O16S4. The monoisotopic (exact) mass is 2600 g/mol. The minimum absolute atomic E-state index is 0.0841. The molecule has 9 heterocycles. The highest BCUT2D eigenvalue weighted by molar-refractivity contribution is 9.12. The van der Waals surface area contributed by atoms with E-state index in [1.165, 1.54) is 121 Å². The van der Waals surface area contributed by atoms with Crippen LogP contribution < -0.4 is 20.1 Å². The second-order valence-electron chi connectivity index (χ2n) is 34.4. The van der Waals surface area contributed by atoms with E-state index < -0.39 is 63.5 Å². The van der Waals surface area contributed by atoms with Gasteiger partial charge in [-0.1, -0.05) is 211 Å². The first kappa shape index (κ1) is 123. The van der Waals surface area contributed by atoms with Crippen LogP contribution in [0.15, 0.2) is 229 Å². The van der Waals surface area contributed by atoms with Crippen molar-refractivity contribution in [3.63, 3.8) is 0 Å². The zero-order chi connectivity index (χ0) is 105. The van der Waals surface area contributed by atoms with Gasteiger partial charge in [-0.15, -0.1) is 0 Å². The molecule has 6 aromatic carbocycles. The Kier molecular flexibility index (Phi) is 53.6. The first-order chi connectivity index (χ1) is 67.2. The summed E-state index contributed by atoms with van der Waals surface area (Å²) in [6.07, 6.45) is 18.2. The van der Waals surface area contributed by atoms with E-state index in [0.29, 0.717) is 89.0 Å². The normalized spacial score (nSPS) is 15.9. The SMILES string of the molecule is Brc1cccc(Br)n1.COC(=O)CS(=O)(=O)N1CC=C(c2ccc(Br)c(C)c2)CC1.COC(=O)CS(=O)(=O)N1CCC(c2ccc(Br)c(C)c2)CC1.COC(C)COc1cccc(Br)n1.COC(C)COc1cccc(C)n1.Cc1cc(C2=CCN(S(C)(=O)=O)CC2)ccc1Br.Cc1cc(C2=CCNCC2)ccc1Br.Cc1cc(C2=CCNCC2)ccc1Br.Cc1cc(C2CCN(S(C)(=O)=O)CC2)ccc1Br. The molecule has 2 N–H and O–H groups in total. The van der Waals surface area contributed by atoms with Crippen LogP contribution in [-0.2, 0) is 68.6 Å². The Hall–Kier alpha value is -5.93. The average molecular weight is 2610 g/mol. The minimum atomic E-state index is -3.61. The lowest BCUT2D eigenvalue weighted by Crippen LogP contribution is -2.40. The predicted molar refractivity (Wildman–Crippen MR) is 605 cm³/mol. The fourth-order valence-corrected chi connectivity index (χ4v) is 22.0. The molecule has 15 rings (SSSR count).